The van der Waals surface area contributed by atoms with E-state index >= 15 is 0 Å². The second kappa shape index (κ2) is 17.0. The Morgan fingerprint density at radius 2 is 1.38 bits per heavy atom. The lowest BCUT2D eigenvalue weighted by atomic mass is 10.0. The van der Waals surface area contributed by atoms with E-state index in [2.05, 4.69) is 20.9 Å². The van der Waals surface area contributed by atoms with Crippen LogP contribution in [0.4, 0.5) is 0 Å². The third kappa shape index (κ3) is 13.2. The lowest BCUT2D eigenvalue weighted by molar-refractivity contribution is -0.143. The minimum absolute atomic E-state index is 0.0723. The third-order valence-electron chi connectivity index (χ3n) is 5.53. The number of amides is 4. The fraction of sp³-hybridized carbons (Fsp3) is 0.458. The number of nitrogens with two attached hydrogens (primary N) is 4. The predicted octanol–water partition coefficient (Wildman–Crippen LogP) is -3.11. The van der Waals surface area contributed by atoms with Gasteiger partial charge in [0.05, 0.1) is 12.5 Å². The second-order valence-corrected chi connectivity index (χ2v) is 8.87. The zero-order valence-corrected chi connectivity index (χ0v) is 21.7. The van der Waals surface area contributed by atoms with Crippen molar-refractivity contribution in [3.63, 3.8) is 0 Å². The number of benzene rings is 1. The summed E-state index contributed by atoms with van der Waals surface area (Å²) in [6.45, 7) is 0.195. The van der Waals surface area contributed by atoms with Crippen molar-refractivity contribution in [1.82, 2.24) is 16.0 Å². The number of nitrogens with one attached hydrogen (secondary N) is 3. The summed E-state index contributed by atoms with van der Waals surface area (Å²) in [6, 6.07) is 2.84. The summed E-state index contributed by atoms with van der Waals surface area (Å²) in [5.41, 5.74) is 22.0. The van der Waals surface area contributed by atoms with E-state index in [1.807, 2.05) is 0 Å². The molecular formula is C24H36N8O8. The average molecular weight is 565 g/mol. The lowest BCUT2D eigenvalue weighted by Gasteiger charge is -2.24. The van der Waals surface area contributed by atoms with Gasteiger partial charge in [0.15, 0.2) is 5.96 Å². The number of hydrogen-bond acceptors (Lipinski definition) is 8. The Balaban J connectivity index is 2.98. The summed E-state index contributed by atoms with van der Waals surface area (Å²) in [4.78, 5) is 76.7. The molecule has 0 heterocycles. The summed E-state index contributed by atoms with van der Waals surface area (Å²) in [6.07, 6.45) is -1.16. The summed E-state index contributed by atoms with van der Waals surface area (Å²) < 4.78 is 0. The number of carboxylic acids is 2. The van der Waals surface area contributed by atoms with E-state index in [4.69, 9.17) is 22.9 Å². The Morgan fingerprint density at radius 3 is 1.93 bits per heavy atom. The standard InChI is InChI=1S/C24H36N8O8/c25-14(7-4-10-29-24(27)28)20(36)31-16(12-19(34)35)22(38)30-15(8-9-18(26)33)21(37)32-17(23(39)40)11-13-5-2-1-3-6-13/h1-3,5-6,14-17H,4,7-12,25H2,(H2,26,33)(H,30,38)(H,31,36)(H,32,37)(H,34,35)(H,39,40)(H4,27,28,29). The molecule has 4 unspecified atom stereocenters. The molecule has 0 saturated carbocycles. The Labute approximate surface area is 229 Å². The minimum atomic E-state index is -1.64. The molecule has 16 heteroatoms. The molecule has 4 atom stereocenters. The minimum Gasteiger partial charge on any atom is -0.481 e. The van der Waals surface area contributed by atoms with Crippen LogP contribution < -0.4 is 38.9 Å². The van der Waals surface area contributed by atoms with Gasteiger partial charge in [0.1, 0.15) is 18.1 Å². The van der Waals surface area contributed by atoms with Gasteiger partial charge in [-0.1, -0.05) is 30.3 Å². The first-order chi connectivity index (χ1) is 18.8. The highest BCUT2D eigenvalue weighted by Crippen LogP contribution is 2.07. The maximum atomic E-state index is 13.0. The number of nitrogens with zero attached hydrogens (tertiary/aromatic N) is 1. The Bertz CT molecular complexity index is 1080. The molecule has 0 aliphatic rings. The van der Waals surface area contributed by atoms with Crippen molar-refractivity contribution in [2.45, 2.75) is 62.7 Å². The van der Waals surface area contributed by atoms with Crippen molar-refractivity contribution in [3.05, 3.63) is 35.9 Å². The summed E-state index contributed by atoms with van der Waals surface area (Å²) in [5.74, 6) is -6.57. The van der Waals surface area contributed by atoms with Crippen LogP contribution in [0.3, 0.4) is 0 Å². The molecule has 0 saturated heterocycles. The second-order valence-electron chi connectivity index (χ2n) is 8.87. The van der Waals surface area contributed by atoms with Gasteiger partial charge in [-0.2, -0.15) is 0 Å². The zero-order valence-electron chi connectivity index (χ0n) is 21.7. The normalized spacial score (nSPS) is 13.5. The van der Waals surface area contributed by atoms with E-state index in [1.54, 1.807) is 30.3 Å². The van der Waals surface area contributed by atoms with Crippen LogP contribution in [0.2, 0.25) is 0 Å². The van der Waals surface area contributed by atoms with Gasteiger partial charge < -0.3 is 49.1 Å². The van der Waals surface area contributed by atoms with Crippen molar-refractivity contribution >= 4 is 41.5 Å². The first kappa shape index (κ1) is 33.3. The van der Waals surface area contributed by atoms with Gasteiger partial charge in [-0.15, -0.1) is 0 Å². The van der Waals surface area contributed by atoms with E-state index in [1.165, 1.54) is 0 Å². The van der Waals surface area contributed by atoms with Crippen LogP contribution in [0, 0.1) is 0 Å². The number of aliphatic carboxylic acids is 2. The molecule has 220 valence electrons. The average Bonchev–Trinajstić information content (AvgIpc) is 2.87. The van der Waals surface area contributed by atoms with Crippen LogP contribution in [-0.2, 0) is 35.2 Å². The molecule has 4 amide bonds. The summed E-state index contributed by atoms with van der Waals surface area (Å²) in [5, 5.41) is 25.7. The largest absolute Gasteiger partial charge is 0.481 e. The van der Waals surface area contributed by atoms with E-state index in [0.717, 1.165) is 0 Å². The maximum Gasteiger partial charge on any atom is 0.326 e. The topological polar surface area (TPSA) is 295 Å². The van der Waals surface area contributed by atoms with Gasteiger partial charge in [0, 0.05) is 19.4 Å². The van der Waals surface area contributed by atoms with Crippen LogP contribution in [-0.4, -0.2) is 82.5 Å². The maximum absolute atomic E-state index is 13.0. The molecule has 0 bridgehead atoms. The lowest BCUT2D eigenvalue weighted by Crippen LogP contribution is -2.57. The zero-order chi connectivity index (χ0) is 30.2. The number of aliphatic imine (C=N–C) groups is 1. The first-order valence-electron chi connectivity index (χ1n) is 12.3. The van der Waals surface area contributed by atoms with Crippen LogP contribution in [0.1, 0.15) is 37.7 Å². The van der Waals surface area contributed by atoms with Gasteiger partial charge in [-0.25, -0.2) is 4.79 Å². The summed E-state index contributed by atoms with van der Waals surface area (Å²) >= 11 is 0. The molecule has 0 radical (unpaired) electrons. The summed E-state index contributed by atoms with van der Waals surface area (Å²) in [7, 11) is 0. The fourth-order valence-corrected chi connectivity index (χ4v) is 3.46. The number of carbonyl (C=O) groups is 6. The molecular weight excluding hydrogens is 528 g/mol. The molecule has 1 rings (SSSR count). The van der Waals surface area contributed by atoms with Crippen LogP contribution in [0.15, 0.2) is 35.3 Å². The fourth-order valence-electron chi connectivity index (χ4n) is 3.46. The van der Waals surface area contributed by atoms with Gasteiger partial charge in [-0.05, 0) is 24.8 Å². The van der Waals surface area contributed by atoms with E-state index in [-0.39, 0.29) is 38.2 Å². The molecule has 40 heavy (non-hydrogen) atoms. The van der Waals surface area contributed by atoms with E-state index in [9.17, 15) is 39.0 Å². The van der Waals surface area contributed by atoms with Crippen molar-refractivity contribution in [1.29, 1.82) is 0 Å². The Kier molecular flexibility index (Phi) is 14.1. The molecule has 0 spiro atoms. The van der Waals surface area contributed by atoms with E-state index < -0.39 is 66.2 Å². The Hall–Kier alpha value is -4.73. The number of carboxylic acid groups (broad SMARTS) is 2. The highest BCUT2D eigenvalue weighted by molar-refractivity contribution is 5.95. The van der Waals surface area contributed by atoms with Crippen molar-refractivity contribution in [2.75, 3.05) is 6.54 Å². The molecule has 1 aromatic carbocycles. The SMILES string of the molecule is NC(=O)CCC(NC(=O)C(CC(=O)O)NC(=O)C(N)CCCN=C(N)N)C(=O)NC(Cc1ccccc1)C(=O)O. The third-order valence-corrected chi connectivity index (χ3v) is 5.53. The van der Waals surface area contributed by atoms with Crippen LogP contribution in [0.5, 0.6) is 0 Å². The van der Waals surface area contributed by atoms with Crippen molar-refractivity contribution in [2.24, 2.45) is 27.9 Å². The van der Waals surface area contributed by atoms with Gasteiger partial charge in [0.2, 0.25) is 23.6 Å². The molecule has 1 aromatic rings. The van der Waals surface area contributed by atoms with Gasteiger partial charge >= 0.3 is 11.9 Å². The number of carbonyl (C=O) groups excluding carboxylic acids is 4. The van der Waals surface area contributed by atoms with Crippen molar-refractivity contribution < 1.29 is 39.0 Å². The molecule has 0 aliphatic carbocycles. The number of guanidine groups is 1. The van der Waals surface area contributed by atoms with Crippen LogP contribution >= 0.6 is 0 Å². The molecule has 13 N–H and O–H groups in total. The smallest absolute Gasteiger partial charge is 0.326 e. The monoisotopic (exact) mass is 564 g/mol. The molecule has 0 fully saturated rings. The van der Waals surface area contributed by atoms with E-state index in [0.29, 0.717) is 12.0 Å². The first-order valence-corrected chi connectivity index (χ1v) is 12.3. The Morgan fingerprint density at radius 1 is 0.800 bits per heavy atom. The molecule has 16 nitrogen and oxygen atoms in total. The van der Waals surface area contributed by atoms with Crippen LogP contribution in [0.25, 0.3) is 0 Å². The predicted molar refractivity (Wildman–Crippen MR) is 142 cm³/mol. The number of rotatable bonds is 18. The number of primary amides is 1. The van der Waals surface area contributed by atoms with Crippen molar-refractivity contribution in [3.8, 4) is 0 Å². The molecule has 0 aliphatic heterocycles. The highest BCUT2D eigenvalue weighted by Gasteiger charge is 2.31. The number of hydrogen-bond donors (Lipinski definition) is 9. The highest BCUT2D eigenvalue weighted by atomic mass is 16.4. The quantitative estimate of drug-likeness (QED) is 0.0488. The molecule has 0 aromatic heterocycles. The van der Waals surface area contributed by atoms with Gasteiger partial charge in [-0.3, -0.25) is 29.0 Å². The van der Waals surface area contributed by atoms with Gasteiger partial charge in [0.25, 0.3) is 0 Å².